The molecule has 0 atom stereocenters. The second kappa shape index (κ2) is 9.49. The molecule has 33 heavy (non-hydrogen) atoms. The molecule has 0 saturated heterocycles. The van der Waals surface area contributed by atoms with Crippen molar-refractivity contribution < 1.29 is 23.5 Å². The summed E-state index contributed by atoms with van der Waals surface area (Å²) in [7, 11) is 1.45. The van der Waals surface area contributed by atoms with E-state index in [2.05, 4.69) is 15.4 Å². The number of methoxy groups -OCH3 is 1. The van der Waals surface area contributed by atoms with Crippen LogP contribution in [0.3, 0.4) is 0 Å². The number of anilines is 1. The molecule has 0 radical (unpaired) electrons. The van der Waals surface area contributed by atoms with Crippen molar-refractivity contribution in [3.05, 3.63) is 71.6 Å². The van der Waals surface area contributed by atoms with Crippen LogP contribution in [0, 0.1) is 5.82 Å². The molecule has 11 heteroatoms. The molecule has 0 bridgehead atoms. The normalized spacial score (nSPS) is 10.6. The van der Waals surface area contributed by atoms with Gasteiger partial charge < -0.3 is 20.5 Å². The third-order valence-electron chi connectivity index (χ3n) is 4.41. The Morgan fingerprint density at radius 3 is 2.61 bits per heavy atom. The van der Waals surface area contributed by atoms with Crippen LogP contribution >= 0.6 is 11.3 Å². The standard InChI is InChI=1S/C22H18FN5O4S/c1-31-16-9-6-14(11-17(16)32-12-19(24)29)25-22(30)20-26-21(18-3-2-10-33-18)28(27-20)15-7-4-13(23)5-8-15/h2-11H,12H2,1H3,(H2,24,29)(H,25,30). The van der Waals surface area contributed by atoms with Gasteiger partial charge in [-0.15, -0.1) is 16.4 Å². The average molecular weight is 467 g/mol. The summed E-state index contributed by atoms with van der Waals surface area (Å²) < 4.78 is 25.4. The van der Waals surface area contributed by atoms with E-state index < -0.39 is 11.8 Å². The molecule has 0 fully saturated rings. The maximum Gasteiger partial charge on any atom is 0.295 e. The molecule has 3 N–H and O–H groups in total. The highest BCUT2D eigenvalue weighted by molar-refractivity contribution is 7.13. The van der Waals surface area contributed by atoms with E-state index in [-0.39, 0.29) is 24.0 Å². The lowest BCUT2D eigenvalue weighted by atomic mass is 10.2. The maximum atomic E-state index is 13.4. The summed E-state index contributed by atoms with van der Waals surface area (Å²) in [6.07, 6.45) is 0. The predicted molar refractivity (Wildman–Crippen MR) is 120 cm³/mol. The van der Waals surface area contributed by atoms with Crippen LogP contribution in [-0.2, 0) is 4.79 Å². The quantitative estimate of drug-likeness (QED) is 0.410. The number of nitrogens with one attached hydrogen (secondary N) is 1. The summed E-state index contributed by atoms with van der Waals surface area (Å²) in [5.74, 6) is -0.641. The van der Waals surface area contributed by atoms with Crippen molar-refractivity contribution in [1.82, 2.24) is 14.8 Å². The van der Waals surface area contributed by atoms with Gasteiger partial charge >= 0.3 is 0 Å². The number of aromatic nitrogens is 3. The minimum atomic E-state index is -0.650. The molecule has 4 rings (SSSR count). The highest BCUT2D eigenvalue weighted by Crippen LogP contribution is 2.31. The van der Waals surface area contributed by atoms with Gasteiger partial charge in [-0.3, -0.25) is 9.59 Å². The largest absolute Gasteiger partial charge is 0.493 e. The fourth-order valence-corrected chi connectivity index (χ4v) is 3.64. The summed E-state index contributed by atoms with van der Waals surface area (Å²) in [5, 5.41) is 8.92. The van der Waals surface area contributed by atoms with Gasteiger partial charge in [0.25, 0.3) is 11.8 Å². The van der Waals surface area contributed by atoms with Crippen LogP contribution in [0.4, 0.5) is 10.1 Å². The van der Waals surface area contributed by atoms with Gasteiger partial charge in [0.05, 0.1) is 17.7 Å². The van der Waals surface area contributed by atoms with Gasteiger partial charge in [-0.25, -0.2) is 14.1 Å². The van der Waals surface area contributed by atoms with E-state index >= 15 is 0 Å². The van der Waals surface area contributed by atoms with E-state index in [0.29, 0.717) is 22.9 Å². The van der Waals surface area contributed by atoms with E-state index in [1.807, 2.05) is 17.5 Å². The topological polar surface area (TPSA) is 121 Å². The lowest BCUT2D eigenvalue weighted by Gasteiger charge is -2.11. The Labute approximate surface area is 191 Å². The average Bonchev–Trinajstić information content (AvgIpc) is 3.48. The molecule has 4 aromatic rings. The number of carbonyl (C=O) groups excluding carboxylic acids is 2. The molecule has 0 unspecified atom stereocenters. The van der Waals surface area contributed by atoms with Gasteiger partial charge in [0, 0.05) is 11.8 Å². The van der Waals surface area contributed by atoms with Crippen LogP contribution in [0.2, 0.25) is 0 Å². The highest BCUT2D eigenvalue weighted by atomic mass is 32.1. The Hall–Kier alpha value is -4.25. The number of benzene rings is 2. The number of halogens is 1. The summed E-state index contributed by atoms with van der Waals surface area (Å²) in [6, 6.07) is 14.1. The molecule has 2 amide bonds. The predicted octanol–water partition coefficient (Wildman–Crippen LogP) is 3.26. The number of rotatable bonds is 8. The van der Waals surface area contributed by atoms with Crippen LogP contribution in [0.5, 0.6) is 11.5 Å². The zero-order valence-electron chi connectivity index (χ0n) is 17.3. The van der Waals surface area contributed by atoms with Crippen LogP contribution < -0.4 is 20.5 Å². The Morgan fingerprint density at radius 1 is 1.15 bits per heavy atom. The Kier molecular flexibility index (Phi) is 6.31. The number of hydrogen-bond donors (Lipinski definition) is 2. The van der Waals surface area contributed by atoms with E-state index in [1.165, 1.54) is 41.3 Å². The van der Waals surface area contributed by atoms with Crippen molar-refractivity contribution in [2.45, 2.75) is 0 Å². The molecule has 0 aliphatic rings. The lowest BCUT2D eigenvalue weighted by molar-refractivity contribution is -0.119. The maximum absolute atomic E-state index is 13.4. The number of nitrogens with zero attached hydrogens (tertiary/aromatic N) is 3. The molecular weight excluding hydrogens is 449 g/mol. The SMILES string of the molecule is COc1ccc(NC(=O)c2nc(-c3cccs3)n(-c3ccc(F)cc3)n2)cc1OCC(N)=O. The molecule has 168 valence electrons. The third-order valence-corrected chi connectivity index (χ3v) is 5.28. The van der Waals surface area contributed by atoms with E-state index in [0.717, 1.165) is 4.88 Å². The number of carbonyl (C=O) groups is 2. The monoisotopic (exact) mass is 467 g/mol. The first-order valence-corrected chi connectivity index (χ1v) is 10.5. The Morgan fingerprint density at radius 2 is 1.94 bits per heavy atom. The summed E-state index contributed by atoms with van der Waals surface area (Å²) in [5.41, 5.74) is 6.05. The minimum Gasteiger partial charge on any atom is -0.493 e. The van der Waals surface area contributed by atoms with E-state index in [4.69, 9.17) is 15.2 Å². The third kappa shape index (κ3) is 4.99. The highest BCUT2D eigenvalue weighted by Gasteiger charge is 2.20. The van der Waals surface area contributed by atoms with Crippen molar-refractivity contribution in [2.24, 2.45) is 5.73 Å². The van der Waals surface area contributed by atoms with Crippen molar-refractivity contribution >= 4 is 28.8 Å². The smallest absolute Gasteiger partial charge is 0.295 e. The summed E-state index contributed by atoms with van der Waals surface area (Å²) in [6.45, 7) is -0.346. The van der Waals surface area contributed by atoms with Crippen LogP contribution in [0.15, 0.2) is 60.0 Å². The lowest BCUT2D eigenvalue weighted by Crippen LogP contribution is -2.20. The molecule has 0 aliphatic carbocycles. The molecule has 0 aliphatic heterocycles. The molecule has 9 nitrogen and oxygen atoms in total. The van der Waals surface area contributed by atoms with Crippen molar-refractivity contribution in [2.75, 3.05) is 19.0 Å². The molecular formula is C22H18FN5O4S. The van der Waals surface area contributed by atoms with E-state index in [9.17, 15) is 14.0 Å². The number of ether oxygens (including phenoxy) is 2. The second-order valence-corrected chi connectivity index (χ2v) is 7.65. The molecule has 0 spiro atoms. The van der Waals surface area contributed by atoms with Crippen LogP contribution in [0.1, 0.15) is 10.6 Å². The molecule has 2 aromatic heterocycles. The summed E-state index contributed by atoms with van der Waals surface area (Å²) >= 11 is 1.43. The first-order valence-electron chi connectivity index (χ1n) is 9.62. The Bertz CT molecular complexity index is 1290. The van der Waals surface area contributed by atoms with Gasteiger partial charge in [0.1, 0.15) is 5.82 Å². The fraction of sp³-hybridized carbons (Fsp3) is 0.0909. The first-order chi connectivity index (χ1) is 15.9. The molecule has 2 heterocycles. The summed E-state index contributed by atoms with van der Waals surface area (Å²) in [4.78, 5) is 29.1. The van der Waals surface area contributed by atoms with Gasteiger partial charge in [-0.2, -0.15) is 0 Å². The van der Waals surface area contributed by atoms with Crippen LogP contribution in [-0.4, -0.2) is 40.3 Å². The molecule has 0 saturated carbocycles. The zero-order chi connectivity index (χ0) is 23.4. The van der Waals surface area contributed by atoms with Crippen molar-refractivity contribution in [3.63, 3.8) is 0 Å². The number of amides is 2. The minimum absolute atomic E-state index is 0.0850. The van der Waals surface area contributed by atoms with Gasteiger partial charge in [-0.1, -0.05) is 6.07 Å². The number of thiophene rings is 1. The number of hydrogen-bond acceptors (Lipinski definition) is 7. The first kappa shape index (κ1) is 22.0. The van der Waals surface area contributed by atoms with Crippen molar-refractivity contribution in [3.8, 4) is 27.9 Å². The van der Waals surface area contributed by atoms with Crippen LogP contribution in [0.25, 0.3) is 16.4 Å². The zero-order valence-corrected chi connectivity index (χ0v) is 18.1. The van der Waals surface area contributed by atoms with Gasteiger partial charge in [-0.05, 0) is 47.8 Å². The van der Waals surface area contributed by atoms with Gasteiger partial charge in [0.15, 0.2) is 23.9 Å². The van der Waals surface area contributed by atoms with Crippen molar-refractivity contribution in [1.29, 1.82) is 0 Å². The number of primary amides is 1. The fourth-order valence-electron chi connectivity index (χ4n) is 2.94. The van der Waals surface area contributed by atoms with Gasteiger partial charge in [0.2, 0.25) is 5.82 Å². The Balaban J connectivity index is 1.64. The number of nitrogens with two attached hydrogens (primary N) is 1. The van der Waals surface area contributed by atoms with E-state index in [1.54, 1.807) is 24.3 Å². The molecule has 2 aromatic carbocycles. The second-order valence-electron chi connectivity index (χ2n) is 6.70.